The zero-order chi connectivity index (χ0) is 10.4. The van der Waals surface area contributed by atoms with Gasteiger partial charge in [-0.25, -0.2) is 0 Å². The van der Waals surface area contributed by atoms with E-state index in [0.717, 1.165) is 38.9 Å². The molecule has 0 aromatic heterocycles. The molecule has 3 nitrogen and oxygen atoms in total. The molecular formula is C11H19NO2. The Labute approximate surface area is 86.0 Å². The fraction of sp³-hybridized carbons (Fsp3) is 0.909. The Hall–Kier alpha value is -0.590. The number of hydrogen-bond donors (Lipinski definition) is 0. The van der Waals surface area contributed by atoms with Crippen molar-refractivity contribution in [1.82, 2.24) is 0 Å². The lowest BCUT2D eigenvalue weighted by Gasteiger charge is -2.32. The molecule has 1 spiro atoms. The van der Waals surface area contributed by atoms with Crippen LogP contribution in [0, 0.1) is 17.2 Å². The van der Waals surface area contributed by atoms with Crippen LogP contribution in [0.1, 0.15) is 39.5 Å². The molecule has 2 fully saturated rings. The van der Waals surface area contributed by atoms with Gasteiger partial charge in [0.05, 0.1) is 19.3 Å². The zero-order valence-electron chi connectivity index (χ0n) is 9.08. The zero-order valence-corrected chi connectivity index (χ0v) is 9.08. The molecule has 80 valence electrons. The third kappa shape index (κ3) is 2.46. The summed E-state index contributed by atoms with van der Waals surface area (Å²) < 4.78 is 11.1. The van der Waals surface area contributed by atoms with Crippen molar-refractivity contribution < 1.29 is 9.47 Å². The van der Waals surface area contributed by atoms with Crippen molar-refractivity contribution in [2.45, 2.75) is 45.3 Å². The molecular weight excluding hydrogens is 178 g/mol. The molecule has 1 aliphatic heterocycles. The van der Waals surface area contributed by atoms with E-state index in [1.54, 1.807) is 0 Å². The lowest BCUT2D eigenvalue weighted by atomic mass is 9.86. The first-order valence-electron chi connectivity index (χ1n) is 5.52. The smallest absolute Gasteiger partial charge is 0.168 e. The van der Waals surface area contributed by atoms with Crippen molar-refractivity contribution in [3.63, 3.8) is 0 Å². The van der Waals surface area contributed by atoms with E-state index >= 15 is 0 Å². The summed E-state index contributed by atoms with van der Waals surface area (Å²) in [6.07, 6.45) is 3.64. The normalized spacial score (nSPS) is 25.2. The summed E-state index contributed by atoms with van der Waals surface area (Å²) in [7, 11) is 0. The molecule has 1 saturated heterocycles. The summed E-state index contributed by atoms with van der Waals surface area (Å²) in [5.74, 6) is -0.0729. The van der Waals surface area contributed by atoms with Crippen LogP contribution in [0.25, 0.3) is 0 Å². The van der Waals surface area contributed by atoms with Crippen molar-refractivity contribution in [3.05, 3.63) is 0 Å². The van der Waals surface area contributed by atoms with E-state index < -0.39 is 0 Å². The van der Waals surface area contributed by atoms with Gasteiger partial charge in [-0.15, -0.1) is 0 Å². The van der Waals surface area contributed by atoms with Crippen LogP contribution in [-0.2, 0) is 9.47 Å². The monoisotopic (exact) mass is 197 g/mol. The highest BCUT2D eigenvalue weighted by Crippen LogP contribution is 2.37. The van der Waals surface area contributed by atoms with E-state index in [4.69, 9.17) is 14.7 Å². The maximum atomic E-state index is 8.69. The Balaban J connectivity index is 0.000000461. The molecule has 0 unspecified atom stereocenters. The van der Waals surface area contributed by atoms with E-state index in [-0.39, 0.29) is 11.7 Å². The van der Waals surface area contributed by atoms with Gasteiger partial charge in [0.25, 0.3) is 0 Å². The van der Waals surface area contributed by atoms with Gasteiger partial charge in [-0.3, -0.25) is 0 Å². The van der Waals surface area contributed by atoms with Crippen LogP contribution in [0.2, 0.25) is 0 Å². The minimum Gasteiger partial charge on any atom is -0.348 e. The first kappa shape index (κ1) is 11.5. The van der Waals surface area contributed by atoms with Gasteiger partial charge in [0.2, 0.25) is 0 Å². The quantitative estimate of drug-likeness (QED) is 0.599. The minimum atomic E-state index is -0.298. The molecule has 0 bridgehead atoms. The van der Waals surface area contributed by atoms with Gasteiger partial charge in [0.1, 0.15) is 0 Å². The Morgan fingerprint density at radius 2 is 1.64 bits per heavy atom. The molecule has 0 atom stereocenters. The number of ether oxygens (including phenoxy) is 2. The van der Waals surface area contributed by atoms with Crippen LogP contribution >= 0.6 is 0 Å². The lowest BCUT2D eigenvalue weighted by molar-refractivity contribution is -0.180. The van der Waals surface area contributed by atoms with Crippen LogP contribution in [0.4, 0.5) is 0 Å². The van der Waals surface area contributed by atoms with Crippen LogP contribution < -0.4 is 0 Å². The van der Waals surface area contributed by atoms with Crippen LogP contribution in [-0.4, -0.2) is 19.0 Å². The Kier molecular flexibility index (Phi) is 4.37. The topological polar surface area (TPSA) is 42.2 Å². The summed E-state index contributed by atoms with van der Waals surface area (Å²) >= 11 is 0. The molecule has 2 rings (SSSR count). The summed E-state index contributed by atoms with van der Waals surface area (Å²) in [5, 5.41) is 8.69. The molecule has 0 N–H and O–H groups in total. The summed E-state index contributed by atoms with van der Waals surface area (Å²) in [4.78, 5) is 0. The van der Waals surface area contributed by atoms with E-state index in [9.17, 15) is 0 Å². The fourth-order valence-corrected chi connectivity index (χ4v) is 1.97. The van der Waals surface area contributed by atoms with Crippen molar-refractivity contribution >= 4 is 0 Å². The average molecular weight is 197 g/mol. The van der Waals surface area contributed by atoms with Gasteiger partial charge in [-0.2, -0.15) is 5.26 Å². The van der Waals surface area contributed by atoms with Crippen LogP contribution in [0.3, 0.4) is 0 Å². The summed E-state index contributed by atoms with van der Waals surface area (Å²) in [6.45, 7) is 5.44. The molecule has 14 heavy (non-hydrogen) atoms. The Morgan fingerprint density at radius 3 is 2.07 bits per heavy atom. The number of nitrogens with zero attached hydrogens (tertiary/aromatic N) is 1. The second-order valence-electron chi connectivity index (χ2n) is 3.51. The van der Waals surface area contributed by atoms with Gasteiger partial charge in [0, 0.05) is 18.8 Å². The molecule has 0 amide bonds. The highest BCUT2D eigenvalue weighted by Gasteiger charge is 2.40. The maximum Gasteiger partial charge on any atom is 0.168 e. The summed E-state index contributed by atoms with van der Waals surface area (Å²) in [6, 6.07) is 2.30. The molecule has 0 aromatic rings. The third-order valence-electron chi connectivity index (χ3n) is 2.74. The number of hydrogen-bond acceptors (Lipinski definition) is 3. The highest BCUT2D eigenvalue weighted by atomic mass is 16.7. The third-order valence-corrected chi connectivity index (χ3v) is 2.74. The molecule has 2 aliphatic rings. The van der Waals surface area contributed by atoms with Crippen molar-refractivity contribution in [2.24, 2.45) is 5.92 Å². The van der Waals surface area contributed by atoms with Gasteiger partial charge in [-0.1, -0.05) is 13.8 Å². The fourth-order valence-electron chi connectivity index (χ4n) is 1.97. The number of nitriles is 1. The highest BCUT2D eigenvalue weighted by molar-refractivity contribution is 4.91. The molecule has 1 saturated carbocycles. The predicted molar refractivity (Wildman–Crippen MR) is 53.6 cm³/mol. The molecule has 1 aliphatic carbocycles. The van der Waals surface area contributed by atoms with Gasteiger partial charge >= 0.3 is 0 Å². The van der Waals surface area contributed by atoms with Crippen LogP contribution in [0.5, 0.6) is 0 Å². The van der Waals surface area contributed by atoms with E-state index in [1.807, 2.05) is 13.8 Å². The Bertz CT molecular complexity index is 194. The van der Waals surface area contributed by atoms with E-state index in [2.05, 4.69) is 6.07 Å². The first-order chi connectivity index (χ1) is 6.85. The summed E-state index contributed by atoms with van der Waals surface area (Å²) in [5.41, 5.74) is 0. The molecule has 0 aromatic carbocycles. The van der Waals surface area contributed by atoms with Gasteiger partial charge in [0.15, 0.2) is 5.79 Å². The molecule has 3 heteroatoms. The van der Waals surface area contributed by atoms with Crippen molar-refractivity contribution in [1.29, 1.82) is 5.26 Å². The van der Waals surface area contributed by atoms with Crippen LogP contribution in [0.15, 0.2) is 0 Å². The second-order valence-corrected chi connectivity index (χ2v) is 3.51. The van der Waals surface area contributed by atoms with Gasteiger partial charge < -0.3 is 9.47 Å². The maximum absolute atomic E-state index is 8.69. The average Bonchev–Trinajstić information content (AvgIpc) is 2.71. The number of rotatable bonds is 0. The van der Waals surface area contributed by atoms with Crippen molar-refractivity contribution in [2.75, 3.05) is 13.2 Å². The van der Waals surface area contributed by atoms with E-state index in [0.29, 0.717) is 0 Å². The molecule has 1 heterocycles. The lowest BCUT2D eigenvalue weighted by Crippen LogP contribution is -2.34. The standard InChI is InChI=1S/C9H13NO2.C2H6/c10-7-8-1-3-9(4-2-8)11-5-6-12-9;1-2/h8H,1-6H2;1-2H3. The van der Waals surface area contributed by atoms with Crippen molar-refractivity contribution in [3.8, 4) is 6.07 Å². The Morgan fingerprint density at radius 1 is 1.14 bits per heavy atom. The molecule has 0 radical (unpaired) electrons. The van der Waals surface area contributed by atoms with E-state index in [1.165, 1.54) is 0 Å². The SMILES string of the molecule is CC.N#CC1CCC2(CC1)OCCO2. The largest absolute Gasteiger partial charge is 0.348 e. The first-order valence-corrected chi connectivity index (χ1v) is 5.52. The van der Waals surface area contributed by atoms with Gasteiger partial charge in [-0.05, 0) is 12.8 Å². The predicted octanol–water partition coefficient (Wildman–Crippen LogP) is 2.47. The second kappa shape index (κ2) is 5.33. The minimum absolute atomic E-state index is 0.225.